The maximum Gasteiger partial charge on any atom is 0.0540 e. The van der Waals surface area contributed by atoms with Gasteiger partial charge in [-0.15, -0.1) is 22.7 Å². The van der Waals surface area contributed by atoms with Gasteiger partial charge in [-0.25, -0.2) is 0 Å². The van der Waals surface area contributed by atoms with Crippen molar-refractivity contribution in [1.29, 1.82) is 0 Å². The molecule has 0 radical (unpaired) electrons. The van der Waals surface area contributed by atoms with Gasteiger partial charge in [-0.05, 0) is 99.4 Å². The molecule has 2 aromatic heterocycles. The zero-order valence-electron chi connectivity index (χ0n) is 29.8. The largest absolute Gasteiger partial charge is 0.310 e. The predicted octanol–water partition coefficient (Wildman–Crippen LogP) is 16.0. The third kappa shape index (κ3) is 5.51. The van der Waals surface area contributed by atoms with Crippen LogP contribution in [0.3, 0.4) is 0 Å². The summed E-state index contributed by atoms with van der Waals surface area (Å²) in [7, 11) is 0. The van der Waals surface area contributed by atoms with E-state index in [1.165, 1.54) is 84.5 Å². The highest BCUT2D eigenvalue weighted by Gasteiger charge is 2.21. The summed E-state index contributed by atoms with van der Waals surface area (Å²) < 4.78 is 5.24. The summed E-state index contributed by atoms with van der Waals surface area (Å²) in [5.74, 6) is 0. The van der Waals surface area contributed by atoms with Gasteiger partial charge in [0, 0.05) is 57.1 Å². The molecule has 0 aliphatic carbocycles. The first-order valence-corrected chi connectivity index (χ1v) is 20.3. The highest BCUT2D eigenvalue weighted by Crippen LogP contribution is 2.47. The molecular formula is C52H33NS2. The van der Waals surface area contributed by atoms with E-state index in [2.05, 4.69) is 205 Å². The average molecular weight is 736 g/mol. The van der Waals surface area contributed by atoms with Gasteiger partial charge in [-0.1, -0.05) is 140 Å². The molecule has 0 unspecified atom stereocenters. The van der Waals surface area contributed by atoms with E-state index in [-0.39, 0.29) is 0 Å². The molecule has 11 rings (SSSR count). The average Bonchev–Trinajstić information content (AvgIpc) is 3.82. The predicted molar refractivity (Wildman–Crippen MR) is 241 cm³/mol. The Hall–Kier alpha value is -6.52. The first kappa shape index (κ1) is 32.0. The molecule has 0 spiro atoms. The van der Waals surface area contributed by atoms with E-state index in [0.717, 1.165) is 17.1 Å². The number of nitrogens with zero attached hydrogens (tertiary/aromatic N) is 1. The van der Waals surface area contributed by atoms with Gasteiger partial charge >= 0.3 is 0 Å². The van der Waals surface area contributed by atoms with Crippen LogP contribution in [-0.4, -0.2) is 0 Å². The van der Waals surface area contributed by atoms with E-state index >= 15 is 0 Å². The van der Waals surface area contributed by atoms with Gasteiger partial charge in [0.25, 0.3) is 0 Å². The quantitative estimate of drug-likeness (QED) is 0.164. The van der Waals surface area contributed by atoms with E-state index in [1.807, 2.05) is 22.7 Å². The summed E-state index contributed by atoms with van der Waals surface area (Å²) in [5.41, 5.74) is 10.6. The Balaban J connectivity index is 1.16. The Morgan fingerprint density at radius 1 is 0.273 bits per heavy atom. The number of benzene rings is 9. The Morgan fingerprint density at radius 3 is 1.51 bits per heavy atom. The van der Waals surface area contributed by atoms with Gasteiger partial charge < -0.3 is 4.90 Å². The van der Waals surface area contributed by atoms with Crippen LogP contribution >= 0.6 is 22.7 Å². The van der Waals surface area contributed by atoms with Crippen molar-refractivity contribution in [2.45, 2.75) is 0 Å². The molecule has 2 heterocycles. The minimum absolute atomic E-state index is 1.12. The Labute approximate surface area is 327 Å². The van der Waals surface area contributed by atoms with Crippen molar-refractivity contribution in [3.8, 4) is 33.4 Å². The van der Waals surface area contributed by atoms with E-state index in [0.29, 0.717) is 0 Å². The van der Waals surface area contributed by atoms with E-state index in [1.54, 1.807) is 0 Å². The zero-order chi connectivity index (χ0) is 36.3. The van der Waals surface area contributed by atoms with Gasteiger partial charge in [0.15, 0.2) is 0 Å². The van der Waals surface area contributed by atoms with Crippen LogP contribution in [0.1, 0.15) is 0 Å². The highest BCUT2D eigenvalue weighted by atomic mass is 32.1. The molecular weight excluding hydrogens is 703 g/mol. The lowest BCUT2D eigenvalue weighted by atomic mass is 9.94. The monoisotopic (exact) mass is 735 g/mol. The number of hydrogen-bond donors (Lipinski definition) is 0. The van der Waals surface area contributed by atoms with E-state index in [9.17, 15) is 0 Å². The van der Waals surface area contributed by atoms with Crippen molar-refractivity contribution < 1.29 is 0 Å². The van der Waals surface area contributed by atoms with Crippen LogP contribution < -0.4 is 4.90 Å². The molecule has 1 nitrogen and oxygen atoms in total. The van der Waals surface area contributed by atoms with E-state index in [4.69, 9.17) is 0 Å². The number of thiophene rings is 2. The van der Waals surface area contributed by atoms with Gasteiger partial charge in [-0.2, -0.15) is 0 Å². The third-order valence-electron chi connectivity index (χ3n) is 10.8. The zero-order valence-corrected chi connectivity index (χ0v) is 31.4. The maximum absolute atomic E-state index is 2.48. The molecule has 0 atom stereocenters. The number of anilines is 3. The summed E-state index contributed by atoms with van der Waals surface area (Å²) >= 11 is 3.73. The lowest BCUT2D eigenvalue weighted by Gasteiger charge is -2.29. The highest BCUT2D eigenvalue weighted by molar-refractivity contribution is 7.26. The second-order valence-electron chi connectivity index (χ2n) is 14.1. The van der Waals surface area contributed by atoms with Crippen LogP contribution in [-0.2, 0) is 0 Å². The molecule has 11 aromatic rings. The molecule has 0 N–H and O–H groups in total. The summed E-state index contributed by atoms with van der Waals surface area (Å²) in [6, 6.07) is 73.6. The van der Waals surface area contributed by atoms with Crippen molar-refractivity contribution >= 4 is 90.9 Å². The Kier molecular flexibility index (Phi) is 7.61. The number of hydrogen-bond acceptors (Lipinski definition) is 3. The van der Waals surface area contributed by atoms with Crippen molar-refractivity contribution in [3.63, 3.8) is 0 Å². The van der Waals surface area contributed by atoms with Crippen LogP contribution in [0, 0.1) is 0 Å². The molecule has 0 aliphatic rings. The molecule has 3 heteroatoms. The molecule has 0 bridgehead atoms. The van der Waals surface area contributed by atoms with Crippen molar-refractivity contribution in [1.82, 2.24) is 0 Å². The molecule has 0 aliphatic heterocycles. The maximum atomic E-state index is 2.48. The Bertz CT molecular complexity index is 3150. The minimum atomic E-state index is 1.12. The summed E-state index contributed by atoms with van der Waals surface area (Å²) in [6.07, 6.45) is 0. The smallest absolute Gasteiger partial charge is 0.0540 e. The van der Waals surface area contributed by atoms with Gasteiger partial charge in [0.2, 0.25) is 0 Å². The van der Waals surface area contributed by atoms with Crippen LogP contribution in [0.4, 0.5) is 17.1 Å². The summed E-state index contributed by atoms with van der Waals surface area (Å²) in [5, 5.41) is 7.68. The van der Waals surface area contributed by atoms with Gasteiger partial charge in [-0.3, -0.25) is 0 Å². The first-order valence-electron chi connectivity index (χ1n) is 18.7. The third-order valence-corrected chi connectivity index (χ3v) is 13.1. The first-order chi connectivity index (χ1) is 27.2. The van der Waals surface area contributed by atoms with Crippen LogP contribution in [0.2, 0.25) is 0 Å². The molecule has 0 fully saturated rings. The van der Waals surface area contributed by atoms with Crippen molar-refractivity contribution in [2.75, 3.05) is 4.90 Å². The topological polar surface area (TPSA) is 3.24 Å². The minimum Gasteiger partial charge on any atom is -0.310 e. The van der Waals surface area contributed by atoms with Gasteiger partial charge in [0.1, 0.15) is 0 Å². The molecule has 258 valence electrons. The summed E-state index contributed by atoms with van der Waals surface area (Å²) in [6.45, 7) is 0. The fourth-order valence-corrected chi connectivity index (χ4v) is 10.5. The SMILES string of the molecule is c1ccc(-c2cc(-c3ccccc3)cc(N(c3ccc4c(c3)sc3ccccc34)c3ccc(-c4ccc5sc6ccccc6c5c4)c4ccccc34)c2)cc1. The molecule has 0 saturated carbocycles. The van der Waals surface area contributed by atoms with Crippen LogP contribution in [0.25, 0.3) is 84.5 Å². The molecule has 0 saturated heterocycles. The second-order valence-corrected chi connectivity index (χ2v) is 16.3. The fourth-order valence-electron chi connectivity index (χ4n) is 8.24. The number of rotatable bonds is 6. The molecule has 9 aromatic carbocycles. The van der Waals surface area contributed by atoms with Gasteiger partial charge in [0.05, 0.1) is 5.69 Å². The van der Waals surface area contributed by atoms with Crippen LogP contribution in [0.15, 0.2) is 200 Å². The number of fused-ring (bicyclic) bond motifs is 7. The normalized spacial score (nSPS) is 11.6. The lowest BCUT2D eigenvalue weighted by molar-refractivity contribution is 1.30. The fraction of sp³-hybridized carbons (Fsp3) is 0. The molecule has 0 amide bonds. The van der Waals surface area contributed by atoms with Crippen molar-refractivity contribution in [2.24, 2.45) is 0 Å². The van der Waals surface area contributed by atoms with Crippen LogP contribution in [0.5, 0.6) is 0 Å². The van der Waals surface area contributed by atoms with E-state index < -0.39 is 0 Å². The molecule has 55 heavy (non-hydrogen) atoms. The summed E-state index contributed by atoms with van der Waals surface area (Å²) in [4.78, 5) is 2.48. The Morgan fingerprint density at radius 2 is 0.818 bits per heavy atom. The van der Waals surface area contributed by atoms with Crippen molar-refractivity contribution in [3.05, 3.63) is 200 Å². The lowest BCUT2D eigenvalue weighted by Crippen LogP contribution is -2.11. The second kappa shape index (κ2) is 13.1. The standard InChI is InChI=1S/C52H33NS2/c1-3-13-34(14-4-1)37-29-38(35-15-5-2-6-16-35)31-40(30-37)53(39-24-25-46-44-19-9-11-21-49(44)55-52(46)33-39)48-27-26-41(42-17-7-8-18-43(42)48)36-23-28-51-47(32-36)45-20-10-12-22-50(45)54-51/h1-33H.